The molecule has 0 spiro atoms. The second kappa shape index (κ2) is 8.82. The minimum atomic E-state index is -2.36. The van der Waals surface area contributed by atoms with Crippen LogP contribution in [-0.4, -0.2) is 15.4 Å². The quantitative estimate of drug-likeness (QED) is 0.745. The third kappa shape index (κ3) is 5.33. The van der Waals surface area contributed by atoms with Crippen LogP contribution in [0.5, 0.6) is 5.75 Å². The summed E-state index contributed by atoms with van der Waals surface area (Å²) in [7, 11) is 0. The Kier molecular flexibility index (Phi) is 6.78. The minimum Gasteiger partial charge on any atom is -0.755 e. The lowest BCUT2D eigenvalue weighted by Gasteiger charge is -2.26. The van der Waals surface area contributed by atoms with Gasteiger partial charge in [0.15, 0.2) is 0 Å². The minimum absolute atomic E-state index is 0.266. The normalized spacial score (nSPS) is 12.2. The van der Waals surface area contributed by atoms with Crippen molar-refractivity contribution in [2.24, 2.45) is 11.7 Å². The molecule has 130 valence electrons. The molecule has 0 aliphatic rings. The van der Waals surface area contributed by atoms with Gasteiger partial charge in [-0.05, 0) is 41.3 Å². The van der Waals surface area contributed by atoms with Crippen LogP contribution in [0.25, 0.3) is 0 Å². The molecule has 0 saturated carbocycles. The van der Waals surface area contributed by atoms with E-state index in [4.69, 9.17) is 10.5 Å². The summed E-state index contributed by atoms with van der Waals surface area (Å²) in [5.74, 6) is 1.24. The van der Waals surface area contributed by atoms with Crippen LogP contribution in [0.1, 0.15) is 25.0 Å². The molecule has 0 fully saturated rings. The molecule has 5 nitrogen and oxygen atoms in total. The summed E-state index contributed by atoms with van der Waals surface area (Å²) in [5, 5.41) is 0. The van der Waals surface area contributed by atoms with Gasteiger partial charge in [0.25, 0.3) is 0 Å². The van der Waals surface area contributed by atoms with E-state index in [9.17, 15) is 8.76 Å². The Labute approximate surface area is 145 Å². The Balaban J connectivity index is 2.08. The molecule has 2 aromatic carbocycles. The average Bonchev–Trinajstić information content (AvgIpc) is 2.58. The van der Waals surface area contributed by atoms with Crippen LogP contribution >= 0.6 is 0 Å². The van der Waals surface area contributed by atoms with E-state index in [2.05, 4.69) is 13.8 Å². The van der Waals surface area contributed by atoms with Crippen LogP contribution in [-0.2, 0) is 24.4 Å². The number of hydrogen-bond donors (Lipinski definition) is 1. The molecule has 0 heterocycles. The molecule has 2 rings (SSSR count). The fraction of sp³-hybridized carbons (Fsp3) is 0.333. The zero-order valence-electron chi connectivity index (χ0n) is 14.0. The molecule has 0 amide bonds. The second-order valence-corrected chi connectivity index (χ2v) is 6.85. The molecule has 0 aliphatic carbocycles. The van der Waals surface area contributed by atoms with Gasteiger partial charge in [0.1, 0.15) is 5.75 Å². The van der Waals surface area contributed by atoms with Crippen LogP contribution in [0.3, 0.4) is 0 Å². The van der Waals surface area contributed by atoms with Gasteiger partial charge in [0.05, 0.1) is 13.2 Å². The van der Waals surface area contributed by atoms with Crippen molar-refractivity contribution < 1.29 is 13.5 Å². The highest BCUT2D eigenvalue weighted by Gasteiger charge is 2.09. The first-order valence-electron chi connectivity index (χ1n) is 7.87. The van der Waals surface area contributed by atoms with Gasteiger partial charge in [-0.2, -0.15) is 0 Å². The van der Waals surface area contributed by atoms with Crippen molar-refractivity contribution in [3.8, 4) is 5.75 Å². The molecule has 0 saturated heterocycles. The maximum atomic E-state index is 11.6. The monoisotopic (exact) mass is 347 g/mol. The van der Waals surface area contributed by atoms with Gasteiger partial charge in [0, 0.05) is 23.5 Å². The molecule has 1 unspecified atom stereocenters. The zero-order valence-corrected chi connectivity index (χ0v) is 14.8. The number of ether oxygens (including phenoxy) is 1. The van der Waals surface area contributed by atoms with E-state index >= 15 is 0 Å². The number of rotatable bonds is 8. The molecule has 6 heteroatoms. The lowest BCUT2D eigenvalue weighted by Crippen LogP contribution is -2.24. The van der Waals surface area contributed by atoms with Crippen LogP contribution in [0.2, 0.25) is 0 Å². The molecule has 1 atom stereocenters. The van der Waals surface area contributed by atoms with Crippen molar-refractivity contribution in [1.29, 1.82) is 0 Å². The van der Waals surface area contributed by atoms with Gasteiger partial charge in [-0.3, -0.25) is 8.51 Å². The fourth-order valence-electron chi connectivity index (χ4n) is 2.15. The number of nitrogens with two attached hydrogens (primary N) is 1. The van der Waals surface area contributed by atoms with Crippen molar-refractivity contribution >= 4 is 17.0 Å². The largest absolute Gasteiger partial charge is 0.755 e. The number of benzene rings is 2. The third-order valence-corrected chi connectivity index (χ3v) is 4.17. The van der Waals surface area contributed by atoms with E-state index in [-0.39, 0.29) is 6.54 Å². The van der Waals surface area contributed by atoms with Crippen molar-refractivity contribution in [3.05, 3.63) is 59.7 Å². The molecule has 0 radical (unpaired) electrons. The van der Waals surface area contributed by atoms with E-state index in [0.717, 1.165) is 16.9 Å². The average molecular weight is 347 g/mol. The number of nitrogens with zero attached hydrogens (tertiary/aromatic N) is 1. The molecule has 2 N–H and O–H groups in total. The van der Waals surface area contributed by atoms with E-state index < -0.39 is 11.3 Å². The van der Waals surface area contributed by atoms with Crippen molar-refractivity contribution in [1.82, 2.24) is 0 Å². The molecule has 0 bridgehead atoms. The molecule has 24 heavy (non-hydrogen) atoms. The Hall–Kier alpha value is -1.89. The number of hydrogen-bond acceptors (Lipinski definition) is 4. The standard InChI is InChI=1S/C18H24N2O3S/c1-14(2)13-23-18-9-5-16(6-10-18)12-20(24(21)22)17-7-3-15(11-19)4-8-17/h3-10,14H,11-13,19H2,1-2H3,(H,21,22)/p-1. The maximum Gasteiger partial charge on any atom is 0.119 e. The highest BCUT2D eigenvalue weighted by Crippen LogP contribution is 2.21. The molecule has 0 aliphatic heterocycles. The first kappa shape index (κ1) is 18.4. The van der Waals surface area contributed by atoms with E-state index in [0.29, 0.717) is 24.8 Å². The molecular weight excluding hydrogens is 324 g/mol. The fourth-order valence-corrected chi connectivity index (χ4v) is 2.70. The van der Waals surface area contributed by atoms with Crippen LogP contribution in [0.4, 0.5) is 5.69 Å². The van der Waals surface area contributed by atoms with Gasteiger partial charge < -0.3 is 15.0 Å². The summed E-state index contributed by atoms with van der Waals surface area (Å²) < 4.78 is 30.1. The molecule has 2 aromatic rings. The maximum absolute atomic E-state index is 11.6. The van der Waals surface area contributed by atoms with Gasteiger partial charge in [0.2, 0.25) is 0 Å². The second-order valence-electron chi connectivity index (χ2n) is 5.97. The summed E-state index contributed by atoms with van der Waals surface area (Å²) in [5.41, 5.74) is 8.03. The Morgan fingerprint density at radius 2 is 1.67 bits per heavy atom. The summed E-state index contributed by atoms with van der Waals surface area (Å²) in [6.45, 7) is 5.53. The van der Waals surface area contributed by atoms with E-state index in [1.165, 1.54) is 4.31 Å². The zero-order chi connectivity index (χ0) is 17.5. The Morgan fingerprint density at radius 1 is 1.08 bits per heavy atom. The van der Waals surface area contributed by atoms with Crippen LogP contribution in [0.15, 0.2) is 48.5 Å². The summed E-state index contributed by atoms with van der Waals surface area (Å²) in [6.07, 6.45) is 0. The predicted molar refractivity (Wildman–Crippen MR) is 96.2 cm³/mol. The smallest absolute Gasteiger partial charge is 0.119 e. The van der Waals surface area contributed by atoms with Gasteiger partial charge >= 0.3 is 0 Å². The Bertz CT molecular complexity index is 657. The summed E-state index contributed by atoms with van der Waals surface area (Å²) in [4.78, 5) is 0. The molecular formula is C18H23N2O3S-. The third-order valence-electron chi connectivity index (χ3n) is 3.47. The topological polar surface area (TPSA) is 78.6 Å². The van der Waals surface area contributed by atoms with Crippen molar-refractivity contribution in [3.63, 3.8) is 0 Å². The first-order valence-corrected chi connectivity index (χ1v) is 8.90. The first-order chi connectivity index (χ1) is 11.5. The van der Waals surface area contributed by atoms with Gasteiger partial charge in [-0.1, -0.05) is 38.1 Å². The lowest BCUT2D eigenvalue weighted by atomic mass is 10.2. The molecule has 0 aromatic heterocycles. The van der Waals surface area contributed by atoms with Crippen molar-refractivity contribution in [2.45, 2.75) is 26.9 Å². The predicted octanol–water partition coefficient (Wildman–Crippen LogP) is 2.98. The van der Waals surface area contributed by atoms with E-state index in [1.54, 1.807) is 12.1 Å². The highest BCUT2D eigenvalue weighted by atomic mass is 32.2. The van der Waals surface area contributed by atoms with Crippen molar-refractivity contribution in [2.75, 3.05) is 10.9 Å². The lowest BCUT2D eigenvalue weighted by molar-refractivity contribution is 0.271. The Morgan fingerprint density at radius 3 is 2.17 bits per heavy atom. The summed E-state index contributed by atoms with van der Waals surface area (Å²) in [6, 6.07) is 14.7. The van der Waals surface area contributed by atoms with E-state index in [1.807, 2.05) is 36.4 Å². The van der Waals surface area contributed by atoms with Crippen LogP contribution < -0.4 is 14.8 Å². The van der Waals surface area contributed by atoms with Gasteiger partial charge in [-0.15, -0.1) is 0 Å². The number of anilines is 1. The highest BCUT2D eigenvalue weighted by molar-refractivity contribution is 7.80. The van der Waals surface area contributed by atoms with Crippen LogP contribution in [0, 0.1) is 5.92 Å². The van der Waals surface area contributed by atoms with Gasteiger partial charge in [-0.25, -0.2) is 0 Å². The summed E-state index contributed by atoms with van der Waals surface area (Å²) >= 11 is -2.36. The SMILES string of the molecule is CC(C)COc1ccc(CN(c2ccc(CN)cc2)S(=O)[O-])cc1.